The molecule has 0 aromatic heterocycles. The second-order valence-corrected chi connectivity index (χ2v) is 5.34. The lowest BCUT2D eigenvalue weighted by Gasteiger charge is -2.11. The van der Waals surface area contributed by atoms with Gasteiger partial charge in [-0.25, -0.2) is 0 Å². The molecule has 1 saturated carbocycles. The van der Waals surface area contributed by atoms with Gasteiger partial charge in [0.15, 0.2) is 5.78 Å². The molecule has 20 heavy (non-hydrogen) atoms. The Labute approximate surface area is 119 Å². The van der Waals surface area contributed by atoms with E-state index in [1.807, 2.05) is 61.5 Å². The molecule has 2 heteroatoms. The Bertz CT molecular complexity index is 583. The van der Waals surface area contributed by atoms with E-state index < -0.39 is 0 Å². The maximum atomic E-state index is 12.5. The highest BCUT2D eigenvalue weighted by atomic mass is 16.5. The van der Waals surface area contributed by atoms with E-state index in [4.69, 9.17) is 4.74 Å². The van der Waals surface area contributed by atoms with E-state index in [0.29, 0.717) is 6.10 Å². The monoisotopic (exact) mass is 266 g/mol. The average Bonchev–Trinajstić information content (AvgIpc) is 3.31. The molecular weight excluding hydrogens is 248 g/mol. The van der Waals surface area contributed by atoms with Crippen molar-refractivity contribution in [2.75, 3.05) is 0 Å². The number of ether oxygens (including phenoxy) is 1. The lowest BCUT2D eigenvalue weighted by Crippen LogP contribution is -2.09. The second-order valence-electron chi connectivity index (χ2n) is 5.34. The Hall–Kier alpha value is -2.09. The summed E-state index contributed by atoms with van der Waals surface area (Å²) >= 11 is 0. The van der Waals surface area contributed by atoms with Gasteiger partial charge in [0.1, 0.15) is 5.75 Å². The molecule has 0 saturated heterocycles. The standard InChI is InChI=1S/C18H18O2/c1-13(14-5-3-2-4-6-14)18(19)15-7-9-16(10-8-15)20-17-11-12-17/h2-10,13,17H,11-12H2,1H3. The molecule has 1 unspecified atom stereocenters. The summed E-state index contributed by atoms with van der Waals surface area (Å²) in [7, 11) is 0. The van der Waals surface area contributed by atoms with Crippen LogP contribution in [0, 0.1) is 0 Å². The normalized spacial score (nSPS) is 15.7. The molecule has 3 rings (SSSR count). The van der Waals surface area contributed by atoms with Crippen molar-refractivity contribution >= 4 is 5.78 Å². The summed E-state index contributed by atoms with van der Waals surface area (Å²) in [5.74, 6) is 0.886. The van der Waals surface area contributed by atoms with Crippen molar-refractivity contribution in [3.8, 4) is 5.75 Å². The maximum Gasteiger partial charge on any atom is 0.170 e. The Morgan fingerprint density at radius 1 is 1.05 bits per heavy atom. The SMILES string of the molecule is CC(C(=O)c1ccc(OC2CC2)cc1)c1ccccc1. The molecule has 2 aromatic carbocycles. The predicted octanol–water partition coefficient (Wildman–Crippen LogP) is 4.21. The molecule has 0 bridgehead atoms. The lowest BCUT2D eigenvalue weighted by atomic mass is 9.92. The van der Waals surface area contributed by atoms with Crippen molar-refractivity contribution in [1.82, 2.24) is 0 Å². The first-order chi connectivity index (χ1) is 9.74. The molecular formula is C18H18O2. The fourth-order valence-electron chi connectivity index (χ4n) is 2.22. The van der Waals surface area contributed by atoms with E-state index >= 15 is 0 Å². The van der Waals surface area contributed by atoms with Gasteiger partial charge in [-0.15, -0.1) is 0 Å². The predicted molar refractivity (Wildman–Crippen MR) is 79.3 cm³/mol. The molecule has 1 fully saturated rings. The summed E-state index contributed by atoms with van der Waals surface area (Å²) in [5.41, 5.74) is 1.79. The molecule has 0 N–H and O–H groups in total. The summed E-state index contributed by atoms with van der Waals surface area (Å²) in [6, 6.07) is 17.4. The van der Waals surface area contributed by atoms with Crippen LogP contribution in [0.4, 0.5) is 0 Å². The molecule has 102 valence electrons. The van der Waals surface area contributed by atoms with Gasteiger partial charge >= 0.3 is 0 Å². The third kappa shape index (κ3) is 2.90. The smallest absolute Gasteiger partial charge is 0.170 e. The molecule has 1 aliphatic carbocycles. The van der Waals surface area contributed by atoms with Crippen molar-refractivity contribution in [3.05, 3.63) is 65.7 Å². The van der Waals surface area contributed by atoms with E-state index in [1.165, 1.54) is 0 Å². The third-order valence-corrected chi connectivity index (χ3v) is 3.66. The number of rotatable bonds is 5. The zero-order valence-electron chi connectivity index (χ0n) is 11.6. The zero-order chi connectivity index (χ0) is 13.9. The topological polar surface area (TPSA) is 26.3 Å². The highest BCUT2D eigenvalue weighted by Crippen LogP contribution is 2.27. The minimum absolute atomic E-state index is 0.119. The summed E-state index contributed by atoms with van der Waals surface area (Å²) in [4.78, 5) is 12.5. The Kier molecular flexibility index (Phi) is 3.55. The van der Waals surface area contributed by atoms with Crippen LogP contribution < -0.4 is 4.74 Å². The molecule has 0 amide bonds. The van der Waals surface area contributed by atoms with Crippen LogP contribution in [0.15, 0.2) is 54.6 Å². The maximum absolute atomic E-state index is 12.5. The Morgan fingerprint density at radius 2 is 1.70 bits per heavy atom. The fourth-order valence-corrected chi connectivity index (χ4v) is 2.22. The first-order valence-electron chi connectivity index (χ1n) is 7.10. The van der Waals surface area contributed by atoms with Gasteiger partial charge in [-0.05, 0) is 42.7 Å². The minimum atomic E-state index is -0.119. The number of carbonyl (C=O) groups excluding carboxylic acids is 1. The summed E-state index contributed by atoms with van der Waals surface area (Å²) in [6.07, 6.45) is 2.68. The van der Waals surface area contributed by atoms with E-state index in [0.717, 1.165) is 29.7 Å². The van der Waals surface area contributed by atoms with Crippen LogP contribution in [0.2, 0.25) is 0 Å². The quantitative estimate of drug-likeness (QED) is 0.758. The zero-order valence-corrected chi connectivity index (χ0v) is 11.6. The molecule has 0 radical (unpaired) electrons. The van der Waals surface area contributed by atoms with Crippen molar-refractivity contribution < 1.29 is 9.53 Å². The van der Waals surface area contributed by atoms with Gasteiger partial charge < -0.3 is 4.74 Å². The van der Waals surface area contributed by atoms with Gasteiger partial charge in [0.25, 0.3) is 0 Å². The summed E-state index contributed by atoms with van der Waals surface area (Å²) < 4.78 is 5.69. The van der Waals surface area contributed by atoms with Gasteiger partial charge in [0.05, 0.1) is 6.10 Å². The summed E-state index contributed by atoms with van der Waals surface area (Å²) in [6.45, 7) is 1.95. The van der Waals surface area contributed by atoms with Crippen LogP contribution in [0.1, 0.15) is 41.6 Å². The number of Topliss-reactive ketones (excluding diaryl/α,β-unsaturated/α-hetero) is 1. The summed E-state index contributed by atoms with van der Waals surface area (Å²) in [5, 5.41) is 0. The van der Waals surface area contributed by atoms with Crippen molar-refractivity contribution in [2.24, 2.45) is 0 Å². The van der Waals surface area contributed by atoms with Crippen LogP contribution in [-0.4, -0.2) is 11.9 Å². The first kappa shape index (κ1) is 12.9. The lowest BCUT2D eigenvalue weighted by molar-refractivity contribution is 0.0966. The highest BCUT2D eigenvalue weighted by Gasteiger charge is 2.23. The molecule has 1 aliphatic rings. The van der Waals surface area contributed by atoms with Crippen LogP contribution in [0.5, 0.6) is 5.75 Å². The van der Waals surface area contributed by atoms with E-state index in [9.17, 15) is 4.79 Å². The number of benzene rings is 2. The molecule has 2 nitrogen and oxygen atoms in total. The molecule has 0 aliphatic heterocycles. The van der Waals surface area contributed by atoms with E-state index in [1.54, 1.807) is 0 Å². The van der Waals surface area contributed by atoms with Crippen LogP contribution in [0.3, 0.4) is 0 Å². The van der Waals surface area contributed by atoms with Crippen LogP contribution in [-0.2, 0) is 0 Å². The van der Waals surface area contributed by atoms with E-state index in [2.05, 4.69) is 0 Å². The minimum Gasteiger partial charge on any atom is -0.490 e. The molecule has 0 spiro atoms. The van der Waals surface area contributed by atoms with Gasteiger partial charge in [-0.2, -0.15) is 0 Å². The largest absolute Gasteiger partial charge is 0.490 e. The second kappa shape index (κ2) is 5.49. The Morgan fingerprint density at radius 3 is 2.30 bits per heavy atom. The van der Waals surface area contributed by atoms with Gasteiger partial charge in [0.2, 0.25) is 0 Å². The number of ketones is 1. The van der Waals surface area contributed by atoms with Crippen LogP contribution in [0.25, 0.3) is 0 Å². The first-order valence-corrected chi connectivity index (χ1v) is 7.10. The highest BCUT2D eigenvalue weighted by molar-refractivity contribution is 6.00. The molecule has 1 atom stereocenters. The number of hydrogen-bond donors (Lipinski definition) is 0. The fraction of sp³-hybridized carbons (Fsp3) is 0.278. The van der Waals surface area contributed by atoms with Gasteiger partial charge in [-0.3, -0.25) is 4.79 Å². The number of carbonyl (C=O) groups is 1. The third-order valence-electron chi connectivity index (χ3n) is 3.66. The number of hydrogen-bond acceptors (Lipinski definition) is 2. The van der Waals surface area contributed by atoms with Crippen LogP contribution >= 0.6 is 0 Å². The van der Waals surface area contributed by atoms with Gasteiger partial charge in [0, 0.05) is 11.5 Å². The molecule has 0 heterocycles. The van der Waals surface area contributed by atoms with E-state index in [-0.39, 0.29) is 11.7 Å². The average molecular weight is 266 g/mol. The molecule has 2 aromatic rings. The van der Waals surface area contributed by atoms with Crippen molar-refractivity contribution in [3.63, 3.8) is 0 Å². The van der Waals surface area contributed by atoms with Gasteiger partial charge in [-0.1, -0.05) is 37.3 Å². The van der Waals surface area contributed by atoms with Crippen molar-refractivity contribution in [2.45, 2.75) is 31.8 Å². The van der Waals surface area contributed by atoms with Crippen molar-refractivity contribution in [1.29, 1.82) is 0 Å². The Balaban J connectivity index is 1.72.